The Balaban J connectivity index is 1.77. The zero-order chi connectivity index (χ0) is 17.4. The molecule has 0 radical (unpaired) electrons. The van der Waals surface area contributed by atoms with Crippen molar-refractivity contribution < 1.29 is 0 Å². The highest BCUT2D eigenvalue weighted by Gasteiger charge is 2.13. The SMILES string of the molecule is Cc1ccc(Cn2cnc3c(nnn3-c3cccc(C)c3)c2=O)cc1. The van der Waals surface area contributed by atoms with Crippen molar-refractivity contribution in [2.75, 3.05) is 0 Å². The van der Waals surface area contributed by atoms with E-state index in [9.17, 15) is 4.79 Å². The Bertz CT molecular complexity index is 1110. The second kappa shape index (κ2) is 5.98. The smallest absolute Gasteiger partial charge is 0.283 e. The van der Waals surface area contributed by atoms with E-state index in [1.807, 2.05) is 62.4 Å². The van der Waals surface area contributed by atoms with Gasteiger partial charge in [-0.15, -0.1) is 5.10 Å². The summed E-state index contributed by atoms with van der Waals surface area (Å²) in [6, 6.07) is 15.9. The molecule has 2 aromatic carbocycles. The van der Waals surface area contributed by atoms with Gasteiger partial charge in [-0.2, -0.15) is 4.68 Å². The Hall–Kier alpha value is -3.28. The summed E-state index contributed by atoms with van der Waals surface area (Å²) >= 11 is 0. The van der Waals surface area contributed by atoms with Crippen molar-refractivity contribution >= 4 is 11.2 Å². The summed E-state index contributed by atoms with van der Waals surface area (Å²) in [5, 5.41) is 8.18. The van der Waals surface area contributed by atoms with Gasteiger partial charge < -0.3 is 0 Å². The Morgan fingerprint density at radius 3 is 2.56 bits per heavy atom. The van der Waals surface area contributed by atoms with Crippen molar-refractivity contribution in [2.45, 2.75) is 20.4 Å². The molecule has 4 rings (SSSR count). The number of benzene rings is 2. The first kappa shape index (κ1) is 15.3. The third kappa shape index (κ3) is 2.82. The molecule has 25 heavy (non-hydrogen) atoms. The Labute approximate surface area is 144 Å². The van der Waals surface area contributed by atoms with E-state index in [2.05, 4.69) is 15.3 Å². The van der Waals surface area contributed by atoms with Gasteiger partial charge in [0.15, 0.2) is 11.2 Å². The van der Waals surface area contributed by atoms with E-state index in [-0.39, 0.29) is 11.1 Å². The van der Waals surface area contributed by atoms with E-state index in [0.29, 0.717) is 12.2 Å². The van der Waals surface area contributed by atoms with Crippen molar-refractivity contribution in [3.8, 4) is 5.69 Å². The molecule has 0 aliphatic heterocycles. The van der Waals surface area contributed by atoms with E-state index in [0.717, 1.165) is 16.8 Å². The highest BCUT2D eigenvalue weighted by Crippen LogP contribution is 2.13. The molecule has 2 heterocycles. The molecular weight excluding hydrogens is 314 g/mol. The summed E-state index contributed by atoms with van der Waals surface area (Å²) in [5.41, 5.74) is 4.72. The van der Waals surface area contributed by atoms with Gasteiger partial charge in [-0.1, -0.05) is 47.2 Å². The van der Waals surface area contributed by atoms with Crippen molar-refractivity contribution in [1.82, 2.24) is 24.5 Å². The van der Waals surface area contributed by atoms with Crippen LogP contribution in [0.1, 0.15) is 16.7 Å². The van der Waals surface area contributed by atoms with Crippen LogP contribution in [0.5, 0.6) is 0 Å². The average molecular weight is 331 g/mol. The maximum Gasteiger partial charge on any atom is 0.283 e. The molecule has 6 nitrogen and oxygen atoms in total. The second-order valence-corrected chi connectivity index (χ2v) is 6.18. The molecule has 0 aliphatic carbocycles. The minimum Gasteiger partial charge on any atom is -0.293 e. The van der Waals surface area contributed by atoms with Crippen LogP contribution in [-0.4, -0.2) is 24.5 Å². The van der Waals surface area contributed by atoms with Crippen molar-refractivity contribution in [3.05, 3.63) is 81.9 Å². The van der Waals surface area contributed by atoms with Crippen LogP contribution < -0.4 is 5.56 Å². The van der Waals surface area contributed by atoms with Crippen LogP contribution in [0, 0.1) is 13.8 Å². The van der Waals surface area contributed by atoms with E-state index >= 15 is 0 Å². The topological polar surface area (TPSA) is 65.6 Å². The van der Waals surface area contributed by atoms with Crippen molar-refractivity contribution in [2.24, 2.45) is 0 Å². The molecule has 0 saturated heterocycles. The average Bonchev–Trinajstić information content (AvgIpc) is 3.04. The number of aryl methyl sites for hydroxylation is 2. The Morgan fingerprint density at radius 2 is 1.80 bits per heavy atom. The van der Waals surface area contributed by atoms with Gasteiger partial charge in [-0.05, 0) is 37.1 Å². The zero-order valence-corrected chi connectivity index (χ0v) is 14.0. The Kier molecular flexibility index (Phi) is 3.65. The lowest BCUT2D eigenvalue weighted by molar-refractivity contribution is 0.745. The van der Waals surface area contributed by atoms with Gasteiger partial charge in [0, 0.05) is 0 Å². The summed E-state index contributed by atoms with van der Waals surface area (Å²) in [6.45, 7) is 4.50. The predicted octanol–water partition coefficient (Wildman–Crippen LogP) is 2.64. The van der Waals surface area contributed by atoms with E-state index in [1.54, 1.807) is 15.6 Å². The van der Waals surface area contributed by atoms with Crippen LogP contribution in [0.15, 0.2) is 59.7 Å². The first-order valence-corrected chi connectivity index (χ1v) is 8.05. The molecule has 0 bridgehead atoms. The summed E-state index contributed by atoms with van der Waals surface area (Å²) < 4.78 is 3.15. The number of hydrogen-bond donors (Lipinski definition) is 0. The molecule has 4 aromatic rings. The number of nitrogens with zero attached hydrogens (tertiary/aromatic N) is 5. The second-order valence-electron chi connectivity index (χ2n) is 6.18. The molecule has 0 unspecified atom stereocenters. The van der Waals surface area contributed by atoms with Crippen LogP contribution >= 0.6 is 0 Å². The van der Waals surface area contributed by atoms with Crippen LogP contribution in [-0.2, 0) is 6.54 Å². The van der Waals surface area contributed by atoms with Gasteiger partial charge in [-0.25, -0.2) is 4.98 Å². The van der Waals surface area contributed by atoms with Gasteiger partial charge in [0.2, 0.25) is 0 Å². The van der Waals surface area contributed by atoms with Crippen molar-refractivity contribution in [3.63, 3.8) is 0 Å². The van der Waals surface area contributed by atoms with Crippen LogP contribution in [0.25, 0.3) is 16.9 Å². The van der Waals surface area contributed by atoms with E-state index in [4.69, 9.17) is 0 Å². The van der Waals surface area contributed by atoms with Crippen LogP contribution in [0.3, 0.4) is 0 Å². The first-order chi connectivity index (χ1) is 12.1. The lowest BCUT2D eigenvalue weighted by atomic mass is 10.1. The maximum atomic E-state index is 12.7. The minimum atomic E-state index is -0.190. The first-order valence-electron chi connectivity index (χ1n) is 8.05. The third-order valence-electron chi connectivity index (χ3n) is 4.15. The highest BCUT2D eigenvalue weighted by molar-refractivity contribution is 5.70. The monoisotopic (exact) mass is 331 g/mol. The summed E-state index contributed by atoms with van der Waals surface area (Å²) in [4.78, 5) is 17.1. The van der Waals surface area contributed by atoms with Crippen LogP contribution in [0.4, 0.5) is 0 Å². The molecule has 0 aliphatic rings. The lowest BCUT2D eigenvalue weighted by Gasteiger charge is -2.06. The fourth-order valence-corrected chi connectivity index (χ4v) is 2.78. The molecule has 0 spiro atoms. The molecule has 0 atom stereocenters. The summed E-state index contributed by atoms with van der Waals surface area (Å²) in [5.74, 6) is 0. The standard InChI is InChI=1S/C19H17N5O/c1-13-6-8-15(9-7-13)11-23-12-20-18-17(19(23)25)21-22-24(18)16-5-3-4-14(2)10-16/h3-10,12H,11H2,1-2H3. The number of fused-ring (bicyclic) bond motifs is 1. The molecule has 2 aromatic heterocycles. The summed E-state index contributed by atoms with van der Waals surface area (Å²) in [7, 11) is 0. The minimum absolute atomic E-state index is 0.190. The molecule has 0 N–H and O–H groups in total. The highest BCUT2D eigenvalue weighted by atomic mass is 16.1. The van der Waals surface area contributed by atoms with Gasteiger partial charge >= 0.3 is 0 Å². The molecule has 6 heteroatoms. The quantitative estimate of drug-likeness (QED) is 0.579. The van der Waals surface area contributed by atoms with Gasteiger partial charge in [0.05, 0.1) is 12.2 Å². The fourth-order valence-electron chi connectivity index (χ4n) is 2.78. The lowest BCUT2D eigenvalue weighted by Crippen LogP contribution is -2.21. The maximum absolute atomic E-state index is 12.7. The third-order valence-corrected chi connectivity index (χ3v) is 4.15. The number of rotatable bonds is 3. The van der Waals surface area contributed by atoms with Gasteiger partial charge in [0.25, 0.3) is 5.56 Å². The van der Waals surface area contributed by atoms with Crippen LogP contribution in [0.2, 0.25) is 0 Å². The normalized spacial score (nSPS) is 11.1. The molecule has 0 saturated carbocycles. The summed E-state index contributed by atoms with van der Waals surface area (Å²) in [6.07, 6.45) is 1.56. The number of aromatic nitrogens is 5. The van der Waals surface area contributed by atoms with Gasteiger partial charge in [0.1, 0.15) is 6.33 Å². The fraction of sp³-hybridized carbons (Fsp3) is 0.158. The predicted molar refractivity (Wildman–Crippen MR) is 95.9 cm³/mol. The zero-order valence-electron chi connectivity index (χ0n) is 14.0. The molecule has 0 amide bonds. The van der Waals surface area contributed by atoms with Crippen molar-refractivity contribution in [1.29, 1.82) is 0 Å². The van der Waals surface area contributed by atoms with E-state index < -0.39 is 0 Å². The molecule has 124 valence electrons. The Morgan fingerprint density at radius 1 is 1.00 bits per heavy atom. The van der Waals surface area contributed by atoms with Gasteiger partial charge in [-0.3, -0.25) is 9.36 Å². The number of hydrogen-bond acceptors (Lipinski definition) is 4. The molecular formula is C19H17N5O. The molecule has 0 fully saturated rings. The van der Waals surface area contributed by atoms with E-state index in [1.165, 1.54) is 5.56 Å². The largest absolute Gasteiger partial charge is 0.293 e.